The molecule has 0 saturated carbocycles. The molecule has 0 aromatic carbocycles. The Bertz CT molecular complexity index is 210. The molecule has 0 saturated heterocycles. The molecule has 0 aromatic rings. The average molecular weight is 200 g/mol. The van der Waals surface area contributed by atoms with Gasteiger partial charge < -0.3 is 0 Å². The van der Waals surface area contributed by atoms with Crippen LogP contribution in [0.2, 0.25) is 0 Å². The average Bonchev–Trinajstić information content (AvgIpc) is 1.12. The normalized spacial score (nSPS) is 11.6. The van der Waals surface area contributed by atoms with E-state index in [-0.39, 0.29) is 0 Å². The minimum Gasteiger partial charge on any atom is -0.264 e. The first-order valence-corrected chi connectivity index (χ1v) is 4.02. The summed E-state index contributed by atoms with van der Waals surface area (Å²) < 4.78 is 68.2. The van der Waals surface area contributed by atoms with Gasteiger partial charge in [-0.25, -0.2) is 0 Å². The molecule has 0 heterocycles. The van der Waals surface area contributed by atoms with Crippen molar-refractivity contribution in [3.05, 3.63) is 0 Å². The molecule has 0 amide bonds. The first-order valence-electron chi connectivity index (χ1n) is 1.34. The third-order valence-corrected chi connectivity index (χ3v) is 0. The number of hydrogen-bond acceptors (Lipinski definition) is 4. The minimum absolute atomic E-state index is 4.67. The lowest BCUT2D eigenvalue weighted by atomic mass is 15.8. The van der Waals surface area contributed by atoms with E-state index in [2.05, 4.69) is 0 Å². The van der Waals surface area contributed by atoms with Gasteiger partial charge in [-0.15, -0.1) is 0 Å². The highest BCUT2D eigenvalue weighted by Crippen LogP contribution is 1.85. The van der Waals surface area contributed by atoms with Crippen LogP contribution >= 0.6 is 0 Å². The van der Waals surface area contributed by atoms with E-state index in [1.54, 1.807) is 0 Å². The Morgan fingerprint density at radius 1 is 0.900 bits per heavy atom. The number of hydrogen-bond donors (Lipinski definition) is 2. The lowest BCUT2D eigenvalue weighted by Gasteiger charge is -1.68. The van der Waals surface area contributed by atoms with Crippen molar-refractivity contribution in [2.75, 3.05) is 0 Å². The van der Waals surface area contributed by atoms with Crippen LogP contribution in [0.4, 0.5) is 7.77 Å². The van der Waals surface area contributed by atoms with Crippen molar-refractivity contribution in [1.29, 1.82) is 0 Å². The molecular weight excluding hydrogens is 198 g/mol. The van der Waals surface area contributed by atoms with Crippen LogP contribution in [0.5, 0.6) is 0 Å². The fourth-order valence-corrected chi connectivity index (χ4v) is 0. The van der Waals surface area contributed by atoms with Gasteiger partial charge in [0.15, 0.2) is 0 Å². The summed E-state index contributed by atoms with van der Waals surface area (Å²) in [6, 6.07) is 0. The Morgan fingerprint density at radius 2 is 0.900 bits per heavy atom. The van der Waals surface area contributed by atoms with Crippen LogP contribution < -0.4 is 0 Å². The van der Waals surface area contributed by atoms with Crippen LogP contribution in [-0.2, 0) is 21.0 Å². The summed E-state index contributed by atoms with van der Waals surface area (Å²) in [5.41, 5.74) is 0. The molecule has 0 rings (SSSR count). The highest BCUT2D eigenvalue weighted by Gasteiger charge is 1.94. The van der Waals surface area contributed by atoms with Crippen LogP contribution in [-0.4, -0.2) is 25.9 Å². The van der Waals surface area contributed by atoms with Gasteiger partial charge >= 0.3 is 21.0 Å². The van der Waals surface area contributed by atoms with Crippen LogP contribution in [0.3, 0.4) is 0 Å². The van der Waals surface area contributed by atoms with E-state index in [0.717, 1.165) is 0 Å². The first-order chi connectivity index (χ1) is 4.00. The van der Waals surface area contributed by atoms with E-state index in [9.17, 15) is 7.77 Å². The monoisotopic (exact) mass is 200 g/mol. The van der Waals surface area contributed by atoms with Gasteiger partial charge in [0.25, 0.3) is 0 Å². The van der Waals surface area contributed by atoms with Gasteiger partial charge in [0.2, 0.25) is 0 Å². The highest BCUT2D eigenvalue weighted by atomic mass is 32.3. The molecule has 10 heteroatoms. The topological polar surface area (TPSA) is 109 Å². The van der Waals surface area contributed by atoms with Crippen LogP contribution in [0.15, 0.2) is 0 Å². The molecule has 10 heavy (non-hydrogen) atoms. The SMILES string of the molecule is O=S(=O)(F)F.O=S(=O)(O)O. The summed E-state index contributed by atoms with van der Waals surface area (Å²) >= 11 is 0. The molecule has 6 nitrogen and oxygen atoms in total. The fourth-order valence-electron chi connectivity index (χ4n) is 0. The molecule has 0 bridgehead atoms. The molecule has 64 valence electrons. The second kappa shape index (κ2) is 3.75. The molecule has 0 atom stereocenters. The van der Waals surface area contributed by atoms with Gasteiger partial charge in [0.05, 0.1) is 0 Å². The lowest BCUT2D eigenvalue weighted by Crippen LogP contribution is -1.89. The summed E-state index contributed by atoms with van der Waals surface area (Å²) in [6.07, 6.45) is 0. The quantitative estimate of drug-likeness (QED) is 0.403. The lowest BCUT2D eigenvalue weighted by molar-refractivity contribution is 0.381. The molecular formula is H2F2O6S2. The van der Waals surface area contributed by atoms with Crippen LogP contribution in [0, 0.1) is 0 Å². The van der Waals surface area contributed by atoms with E-state index in [1.165, 1.54) is 0 Å². The Kier molecular flexibility index (Phi) is 4.64. The van der Waals surface area contributed by atoms with Gasteiger partial charge in [0.1, 0.15) is 0 Å². The molecule has 2 N–H and O–H groups in total. The highest BCUT2D eigenvalue weighted by molar-refractivity contribution is 7.81. The van der Waals surface area contributed by atoms with Crippen molar-refractivity contribution in [1.82, 2.24) is 0 Å². The second-order valence-corrected chi connectivity index (χ2v) is 2.48. The van der Waals surface area contributed by atoms with E-state index in [0.29, 0.717) is 0 Å². The molecule has 0 fully saturated rings. The third-order valence-electron chi connectivity index (χ3n) is 0. The van der Waals surface area contributed by atoms with Crippen molar-refractivity contribution >= 4 is 21.0 Å². The molecule has 0 aliphatic carbocycles. The molecule has 0 aliphatic heterocycles. The van der Waals surface area contributed by atoms with Gasteiger partial charge in [-0.1, -0.05) is 7.77 Å². The Hall–Kier alpha value is -0.320. The van der Waals surface area contributed by atoms with Crippen molar-refractivity contribution < 1.29 is 33.7 Å². The van der Waals surface area contributed by atoms with Crippen molar-refractivity contribution in [2.24, 2.45) is 0 Å². The van der Waals surface area contributed by atoms with E-state index in [4.69, 9.17) is 25.9 Å². The predicted molar refractivity (Wildman–Crippen MR) is 25.3 cm³/mol. The standard InChI is InChI=1S/F2O2S.H2O4S/c2*1-5(2,3)4/h;(H2,1,2,3,4). The second-order valence-electron chi connectivity index (χ2n) is 0.826. The molecule has 0 aromatic heterocycles. The zero-order chi connectivity index (χ0) is 9.00. The summed E-state index contributed by atoms with van der Waals surface area (Å²) in [5, 5.41) is 0. The zero-order valence-corrected chi connectivity index (χ0v) is 5.73. The summed E-state index contributed by atoms with van der Waals surface area (Å²) in [6.45, 7) is 0. The van der Waals surface area contributed by atoms with E-state index >= 15 is 0 Å². The maximum absolute atomic E-state index is 9.99. The smallest absolute Gasteiger partial charge is 0.264 e. The Morgan fingerprint density at radius 3 is 0.900 bits per heavy atom. The van der Waals surface area contributed by atoms with Crippen LogP contribution in [0.25, 0.3) is 0 Å². The number of rotatable bonds is 0. The predicted octanol–water partition coefficient (Wildman–Crippen LogP) is -0.483. The Labute approximate surface area is 55.6 Å². The van der Waals surface area contributed by atoms with Gasteiger partial charge in [0, 0.05) is 0 Å². The maximum atomic E-state index is 9.99. The number of halogens is 2. The largest absolute Gasteiger partial charge is 0.476 e. The van der Waals surface area contributed by atoms with Gasteiger partial charge in [-0.3, -0.25) is 9.11 Å². The summed E-state index contributed by atoms with van der Waals surface area (Å²) in [4.78, 5) is 0. The fraction of sp³-hybridized carbons (Fsp3) is 0. The first kappa shape index (κ1) is 12.4. The van der Waals surface area contributed by atoms with Gasteiger partial charge in [-0.05, 0) is 0 Å². The third kappa shape index (κ3) is 3350. The summed E-state index contributed by atoms with van der Waals surface area (Å²) in [7, 11) is -10.3. The van der Waals surface area contributed by atoms with Crippen molar-refractivity contribution in [3.63, 3.8) is 0 Å². The molecule has 0 aliphatic rings. The minimum atomic E-state index is -5.67. The van der Waals surface area contributed by atoms with E-state index in [1.807, 2.05) is 0 Å². The molecule has 0 radical (unpaired) electrons. The van der Waals surface area contributed by atoms with Crippen molar-refractivity contribution in [2.45, 2.75) is 0 Å². The van der Waals surface area contributed by atoms with E-state index < -0.39 is 21.0 Å². The maximum Gasteiger partial charge on any atom is 0.476 e. The van der Waals surface area contributed by atoms with Crippen molar-refractivity contribution in [3.8, 4) is 0 Å². The molecule has 0 spiro atoms. The summed E-state index contributed by atoms with van der Waals surface area (Å²) in [5.74, 6) is 0. The molecule has 0 unspecified atom stereocenters. The zero-order valence-electron chi connectivity index (χ0n) is 4.10. The Balaban J connectivity index is 0. The van der Waals surface area contributed by atoms with Gasteiger partial charge in [-0.2, -0.15) is 16.8 Å². The van der Waals surface area contributed by atoms with Crippen LogP contribution in [0.1, 0.15) is 0 Å².